The summed E-state index contributed by atoms with van der Waals surface area (Å²) in [5.41, 5.74) is 5.92. The van der Waals surface area contributed by atoms with Gasteiger partial charge in [0.2, 0.25) is 0 Å². The minimum atomic E-state index is -0.388. The highest BCUT2D eigenvalue weighted by molar-refractivity contribution is 5.03. The first kappa shape index (κ1) is 11.5. The molecule has 1 aliphatic rings. The molecule has 0 radical (unpaired) electrons. The number of aromatic nitrogens is 4. The third kappa shape index (κ3) is 2.38. The fourth-order valence-electron chi connectivity index (χ4n) is 2.25. The SMILES string of the molecule is CC(C)CN1CCC(N)(c2nn[nH]n2)CC1. The van der Waals surface area contributed by atoms with Crippen molar-refractivity contribution in [3.05, 3.63) is 5.82 Å². The van der Waals surface area contributed by atoms with Gasteiger partial charge in [0.1, 0.15) is 0 Å². The summed E-state index contributed by atoms with van der Waals surface area (Å²) in [7, 11) is 0. The number of H-pyrrole nitrogens is 1. The Balaban J connectivity index is 1.94. The minimum Gasteiger partial charge on any atom is -0.319 e. The lowest BCUT2D eigenvalue weighted by atomic mass is 9.87. The molecule has 0 saturated carbocycles. The average molecular weight is 224 g/mol. The molecule has 1 aliphatic heterocycles. The van der Waals surface area contributed by atoms with Crippen molar-refractivity contribution in [3.8, 4) is 0 Å². The van der Waals surface area contributed by atoms with Gasteiger partial charge in [-0.25, -0.2) is 0 Å². The normalized spacial score (nSPS) is 21.5. The Morgan fingerprint density at radius 2 is 2.12 bits per heavy atom. The van der Waals surface area contributed by atoms with Crippen LogP contribution in [0.15, 0.2) is 0 Å². The van der Waals surface area contributed by atoms with Gasteiger partial charge in [0.05, 0.1) is 5.54 Å². The largest absolute Gasteiger partial charge is 0.319 e. The molecule has 0 spiro atoms. The molecule has 3 N–H and O–H groups in total. The van der Waals surface area contributed by atoms with Crippen molar-refractivity contribution in [2.24, 2.45) is 11.7 Å². The van der Waals surface area contributed by atoms with E-state index in [1.54, 1.807) is 0 Å². The first-order chi connectivity index (χ1) is 7.60. The lowest BCUT2D eigenvalue weighted by molar-refractivity contribution is 0.143. The van der Waals surface area contributed by atoms with Crippen LogP contribution in [0, 0.1) is 5.92 Å². The quantitative estimate of drug-likeness (QED) is 0.761. The van der Waals surface area contributed by atoms with Crippen LogP contribution in [-0.2, 0) is 5.54 Å². The Hall–Kier alpha value is -1.01. The minimum absolute atomic E-state index is 0.388. The number of hydrogen-bond donors (Lipinski definition) is 2. The van der Waals surface area contributed by atoms with Gasteiger partial charge in [0, 0.05) is 19.6 Å². The predicted octanol–water partition coefficient (Wildman–Crippen LogP) is 0.106. The zero-order valence-corrected chi connectivity index (χ0v) is 9.98. The molecule has 1 aromatic heterocycles. The van der Waals surface area contributed by atoms with E-state index in [2.05, 4.69) is 39.4 Å². The zero-order chi connectivity index (χ0) is 11.6. The van der Waals surface area contributed by atoms with E-state index in [1.165, 1.54) is 0 Å². The van der Waals surface area contributed by atoms with Crippen molar-refractivity contribution < 1.29 is 0 Å². The molecule has 2 rings (SSSR count). The molecule has 90 valence electrons. The molecule has 0 bridgehead atoms. The zero-order valence-electron chi connectivity index (χ0n) is 9.98. The van der Waals surface area contributed by atoms with Gasteiger partial charge in [0.15, 0.2) is 5.82 Å². The second-order valence-electron chi connectivity index (χ2n) is 5.09. The molecule has 0 amide bonds. The van der Waals surface area contributed by atoms with Crippen molar-refractivity contribution >= 4 is 0 Å². The Morgan fingerprint density at radius 3 is 2.62 bits per heavy atom. The summed E-state index contributed by atoms with van der Waals surface area (Å²) in [5, 5.41) is 14.1. The Labute approximate surface area is 95.6 Å². The third-order valence-electron chi connectivity index (χ3n) is 3.16. The summed E-state index contributed by atoms with van der Waals surface area (Å²) in [4.78, 5) is 2.45. The summed E-state index contributed by atoms with van der Waals surface area (Å²) in [6.07, 6.45) is 1.80. The topological polar surface area (TPSA) is 83.7 Å². The van der Waals surface area contributed by atoms with Crippen molar-refractivity contribution in [1.29, 1.82) is 0 Å². The fraction of sp³-hybridized carbons (Fsp3) is 0.900. The summed E-state index contributed by atoms with van der Waals surface area (Å²) in [5.74, 6) is 1.35. The summed E-state index contributed by atoms with van der Waals surface area (Å²) < 4.78 is 0. The molecule has 2 heterocycles. The van der Waals surface area contributed by atoms with E-state index < -0.39 is 0 Å². The summed E-state index contributed by atoms with van der Waals surface area (Å²) >= 11 is 0. The maximum Gasteiger partial charge on any atom is 0.194 e. The van der Waals surface area contributed by atoms with Crippen molar-refractivity contribution in [3.63, 3.8) is 0 Å². The lowest BCUT2D eigenvalue weighted by Crippen LogP contribution is -2.49. The third-order valence-corrected chi connectivity index (χ3v) is 3.16. The molecule has 0 unspecified atom stereocenters. The molecule has 6 heteroatoms. The van der Waals surface area contributed by atoms with Crippen LogP contribution >= 0.6 is 0 Å². The molecule has 6 nitrogen and oxygen atoms in total. The van der Waals surface area contributed by atoms with Gasteiger partial charge in [-0.05, 0) is 18.8 Å². The number of likely N-dealkylation sites (tertiary alicyclic amines) is 1. The fourth-order valence-corrected chi connectivity index (χ4v) is 2.25. The van der Waals surface area contributed by atoms with Crippen molar-refractivity contribution in [2.75, 3.05) is 19.6 Å². The number of tetrazole rings is 1. The molecule has 1 saturated heterocycles. The molecule has 1 fully saturated rings. The standard InChI is InChI=1S/C10H20N6/c1-8(2)7-16-5-3-10(11,4-6-16)9-12-14-15-13-9/h8H,3-7,11H2,1-2H3,(H,12,13,14,15). The number of nitrogens with two attached hydrogens (primary N) is 1. The van der Waals surface area contributed by atoms with Crippen LogP contribution in [-0.4, -0.2) is 45.2 Å². The van der Waals surface area contributed by atoms with E-state index >= 15 is 0 Å². The molecular formula is C10H20N6. The van der Waals surface area contributed by atoms with Crippen LogP contribution in [0.1, 0.15) is 32.5 Å². The van der Waals surface area contributed by atoms with E-state index in [0.717, 1.165) is 32.5 Å². The Bertz CT molecular complexity index is 312. The van der Waals surface area contributed by atoms with Crippen molar-refractivity contribution in [1.82, 2.24) is 25.5 Å². The lowest BCUT2D eigenvalue weighted by Gasteiger charge is -2.37. The maximum absolute atomic E-state index is 6.31. The summed E-state index contributed by atoms with van der Waals surface area (Å²) in [6.45, 7) is 7.65. The maximum atomic E-state index is 6.31. The smallest absolute Gasteiger partial charge is 0.194 e. The summed E-state index contributed by atoms with van der Waals surface area (Å²) in [6, 6.07) is 0. The van der Waals surface area contributed by atoms with Crippen LogP contribution in [0.5, 0.6) is 0 Å². The van der Waals surface area contributed by atoms with Gasteiger partial charge in [-0.2, -0.15) is 5.21 Å². The van der Waals surface area contributed by atoms with Gasteiger partial charge in [0.25, 0.3) is 0 Å². The Kier molecular flexibility index (Phi) is 3.20. The number of nitrogens with zero attached hydrogens (tertiary/aromatic N) is 4. The number of piperidine rings is 1. The number of nitrogens with one attached hydrogen (secondary N) is 1. The van der Waals surface area contributed by atoms with E-state index in [0.29, 0.717) is 11.7 Å². The van der Waals surface area contributed by atoms with Crippen molar-refractivity contribution in [2.45, 2.75) is 32.2 Å². The van der Waals surface area contributed by atoms with E-state index in [-0.39, 0.29) is 5.54 Å². The monoisotopic (exact) mass is 224 g/mol. The highest BCUT2D eigenvalue weighted by Crippen LogP contribution is 2.27. The van der Waals surface area contributed by atoms with Gasteiger partial charge >= 0.3 is 0 Å². The second kappa shape index (κ2) is 4.47. The number of aromatic amines is 1. The second-order valence-corrected chi connectivity index (χ2v) is 5.09. The Morgan fingerprint density at radius 1 is 1.44 bits per heavy atom. The van der Waals surface area contributed by atoms with E-state index in [4.69, 9.17) is 5.73 Å². The van der Waals surface area contributed by atoms with Crippen LogP contribution in [0.25, 0.3) is 0 Å². The molecular weight excluding hydrogens is 204 g/mol. The molecule has 0 aliphatic carbocycles. The highest BCUT2D eigenvalue weighted by atomic mass is 15.5. The first-order valence-electron chi connectivity index (χ1n) is 5.85. The predicted molar refractivity (Wildman–Crippen MR) is 60.6 cm³/mol. The van der Waals surface area contributed by atoms with Crippen LogP contribution < -0.4 is 5.73 Å². The van der Waals surface area contributed by atoms with Crippen LogP contribution in [0.3, 0.4) is 0 Å². The van der Waals surface area contributed by atoms with Crippen LogP contribution in [0.2, 0.25) is 0 Å². The molecule has 0 aromatic carbocycles. The highest BCUT2D eigenvalue weighted by Gasteiger charge is 2.35. The first-order valence-corrected chi connectivity index (χ1v) is 5.85. The van der Waals surface area contributed by atoms with Crippen LogP contribution in [0.4, 0.5) is 0 Å². The van der Waals surface area contributed by atoms with Gasteiger partial charge in [-0.3, -0.25) is 0 Å². The molecule has 1 aromatic rings. The van der Waals surface area contributed by atoms with E-state index in [1.807, 2.05) is 0 Å². The number of rotatable bonds is 3. The van der Waals surface area contributed by atoms with E-state index in [9.17, 15) is 0 Å². The molecule has 0 atom stereocenters. The molecule has 16 heavy (non-hydrogen) atoms. The van der Waals surface area contributed by atoms with Gasteiger partial charge in [-0.15, -0.1) is 10.2 Å². The number of hydrogen-bond acceptors (Lipinski definition) is 5. The van der Waals surface area contributed by atoms with Gasteiger partial charge < -0.3 is 10.6 Å². The average Bonchev–Trinajstić information content (AvgIpc) is 2.75. The van der Waals surface area contributed by atoms with Gasteiger partial charge in [-0.1, -0.05) is 19.1 Å².